The lowest BCUT2D eigenvalue weighted by molar-refractivity contribution is 0.585. The lowest BCUT2D eigenvalue weighted by Crippen LogP contribution is -2.18. The normalized spacial score (nSPS) is 11.5. The Balaban J connectivity index is 2.31. The van der Waals surface area contributed by atoms with E-state index in [1.165, 1.54) is 23.2 Å². The molecule has 0 fully saturated rings. The molecule has 2 N–H and O–H groups in total. The van der Waals surface area contributed by atoms with Gasteiger partial charge in [0.25, 0.3) is 15.2 Å². The number of sulfonamides is 1. The minimum atomic E-state index is -4.03. The molecule has 1 aromatic carbocycles. The molecule has 0 atom stereocenters. The van der Waals surface area contributed by atoms with Crippen LogP contribution in [-0.4, -0.2) is 33.2 Å². The average molecular weight is 302 g/mol. The van der Waals surface area contributed by atoms with Crippen LogP contribution in [0.1, 0.15) is 0 Å². The average Bonchev–Trinajstić information content (AvgIpc) is 2.94. The number of aromatic nitrogens is 5. The topological polar surface area (TPSA) is 117 Å². The van der Waals surface area contributed by atoms with Crippen molar-refractivity contribution in [3.63, 3.8) is 0 Å². The summed E-state index contributed by atoms with van der Waals surface area (Å²) in [6.45, 7) is 0. The zero-order valence-corrected chi connectivity index (χ0v) is 11.5. The van der Waals surface area contributed by atoms with E-state index >= 15 is 0 Å². The van der Waals surface area contributed by atoms with Crippen LogP contribution in [0.3, 0.4) is 0 Å². The van der Waals surface area contributed by atoms with Crippen LogP contribution in [0.25, 0.3) is 17.2 Å². The highest BCUT2D eigenvalue weighted by Crippen LogP contribution is 2.22. The summed E-state index contributed by atoms with van der Waals surface area (Å²) < 4.78 is 24.7. The van der Waals surface area contributed by atoms with Crippen LogP contribution >= 0.6 is 0 Å². The molecule has 9 heteroatoms. The molecular formula is C12H10N6O2S. The first-order valence-corrected chi connectivity index (χ1v) is 7.42. The third-order valence-corrected chi connectivity index (χ3v) is 3.47. The second kappa shape index (κ2) is 5.04. The van der Waals surface area contributed by atoms with Crippen LogP contribution in [0.15, 0.2) is 54.1 Å². The fraction of sp³-hybridized carbons (Fsp3) is 0. The van der Waals surface area contributed by atoms with Crippen molar-refractivity contribution in [2.75, 3.05) is 0 Å². The van der Waals surface area contributed by atoms with Gasteiger partial charge in [-0.25, -0.2) is 18.5 Å². The van der Waals surface area contributed by atoms with Crippen molar-refractivity contribution in [3.05, 3.63) is 48.9 Å². The van der Waals surface area contributed by atoms with Gasteiger partial charge in [-0.15, -0.1) is 10.2 Å². The fourth-order valence-corrected chi connectivity index (χ4v) is 2.45. The first-order chi connectivity index (χ1) is 10.1. The molecule has 106 valence electrons. The summed E-state index contributed by atoms with van der Waals surface area (Å²) in [5.41, 5.74) is 0.955. The molecule has 0 aliphatic rings. The largest absolute Gasteiger partial charge is 0.274 e. The lowest BCUT2D eigenvalue weighted by Gasteiger charge is -2.08. The summed E-state index contributed by atoms with van der Waals surface area (Å²) in [4.78, 5) is 8.05. The number of nitrogens with two attached hydrogens (primary N) is 1. The van der Waals surface area contributed by atoms with Gasteiger partial charge in [0.1, 0.15) is 5.69 Å². The zero-order chi connectivity index (χ0) is 14.9. The fourth-order valence-electron chi connectivity index (χ4n) is 1.84. The molecule has 3 rings (SSSR count). The van der Waals surface area contributed by atoms with E-state index in [-0.39, 0.29) is 11.0 Å². The number of hydrogen-bond donors (Lipinski definition) is 1. The van der Waals surface area contributed by atoms with Crippen LogP contribution in [0.5, 0.6) is 0 Å². The highest BCUT2D eigenvalue weighted by atomic mass is 32.2. The molecule has 0 aliphatic carbocycles. The van der Waals surface area contributed by atoms with E-state index in [4.69, 9.17) is 5.14 Å². The maximum Gasteiger partial charge on any atom is 0.274 e. The zero-order valence-electron chi connectivity index (χ0n) is 10.7. The highest BCUT2D eigenvalue weighted by molar-refractivity contribution is 7.89. The van der Waals surface area contributed by atoms with E-state index in [1.807, 2.05) is 6.07 Å². The molecule has 0 amide bonds. The molecular weight excluding hydrogens is 292 g/mol. The second-order valence-corrected chi connectivity index (χ2v) is 5.57. The molecule has 2 heterocycles. The molecule has 0 bridgehead atoms. The molecule has 21 heavy (non-hydrogen) atoms. The van der Waals surface area contributed by atoms with Gasteiger partial charge >= 0.3 is 0 Å². The van der Waals surface area contributed by atoms with Crippen LogP contribution in [0, 0.1) is 0 Å². The number of nitrogens with zero attached hydrogens (tertiary/aromatic N) is 5. The Kier molecular flexibility index (Phi) is 3.20. The van der Waals surface area contributed by atoms with Gasteiger partial charge in [0.15, 0.2) is 5.82 Å². The Morgan fingerprint density at radius 1 is 1.05 bits per heavy atom. The standard InChI is InChI=1S/C12H10N6O2S/c13-21(19,20)12-17-16-11(10-8-14-6-7-15-10)18(12)9-4-2-1-3-5-9/h1-8H,(H2,13,19,20). The van der Waals surface area contributed by atoms with Gasteiger partial charge in [0.05, 0.1) is 11.9 Å². The minimum absolute atomic E-state index is 0.248. The van der Waals surface area contributed by atoms with E-state index in [2.05, 4.69) is 20.2 Å². The SMILES string of the molecule is NS(=O)(=O)c1nnc(-c2cnccn2)n1-c1ccccc1. The predicted octanol–water partition coefficient (Wildman–Crippen LogP) is 0.372. The van der Waals surface area contributed by atoms with E-state index in [9.17, 15) is 8.42 Å². The van der Waals surface area contributed by atoms with E-state index in [1.54, 1.807) is 24.3 Å². The molecule has 0 saturated heterocycles. The Morgan fingerprint density at radius 2 is 1.81 bits per heavy atom. The van der Waals surface area contributed by atoms with Gasteiger partial charge in [0, 0.05) is 12.4 Å². The van der Waals surface area contributed by atoms with Crippen molar-refractivity contribution in [1.82, 2.24) is 24.7 Å². The molecule has 0 unspecified atom stereocenters. The van der Waals surface area contributed by atoms with Crippen molar-refractivity contribution in [1.29, 1.82) is 0 Å². The Morgan fingerprint density at radius 3 is 2.43 bits per heavy atom. The first kappa shape index (κ1) is 13.3. The number of rotatable bonds is 3. The summed E-state index contributed by atoms with van der Waals surface area (Å²) in [5, 5.41) is 12.4. The predicted molar refractivity (Wildman–Crippen MR) is 73.8 cm³/mol. The maximum atomic E-state index is 11.7. The summed E-state index contributed by atoms with van der Waals surface area (Å²) in [6.07, 6.45) is 4.46. The summed E-state index contributed by atoms with van der Waals surface area (Å²) >= 11 is 0. The third kappa shape index (κ3) is 2.51. The first-order valence-electron chi connectivity index (χ1n) is 5.87. The van der Waals surface area contributed by atoms with Crippen LogP contribution in [0.2, 0.25) is 0 Å². The maximum absolute atomic E-state index is 11.7. The van der Waals surface area contributed by atoms with E-state index in [0.717, 1.165) is 0 Å². The molecule has 0 saturated carbocycles. The number of benzene rings is 1. The molecule has 0 spiro atoms. The van der Waals surface area contributed by atoms with Gasteiger partial charge in [0.2, 0.25) is 0 Å². The van der Waals surface area contributed by atoms with Crippen LogP contribution < -0.4 is 5.14 Å². The van der Waals surface area contributed by atoms with Crippen molar-refractivity contribution in [2.45, 2.75) is 5.16 Å². The number of primary sulfonamides is 1. The van der Waals surface area contributed by atoms with Gasteiger partial charge in [-0.05, 0) is 12.1 Å². The molecule has 0 aliphatic heterocycles. The highest BCUT2D eigenvalue weighted by Gasteiger charge is 2.23. The van der Waals surface area contributed by atoms with Gasteiger partial charge in [-0.3, -0.25) is 9.55 Å². The third-order valence-electron chi connectivity index (χ3n) is 2.69. The molecule has 3 aromatic rings. The van der Waals surface area contributed by atoms with Crippen molar-refractivity contribution in [2.24, 2.45) is 5.14 Å². The minimum Gasteiger partial charge on any atom is -0.263 e. The Labute approximate surface area is 120 Å². The van der Waals surface area contributed by atoms with Crippen molar-refractivity contribution in [3.8, 4) is 17.2 Å². The Bertz CT molecular complexity index is 861. The van der Waals surface area contributed by atoms with Gasteiger partial charge < -0.3 is 0 Å². The van der Waals surface area contributed by atoms with Gasteiger partial charge in [-0.2, -0.15) is 0 Å². The van der Waals surface area contributed by atoms with Crippen molar-refractivity contribution >= 4 is 10.0 Å². The van der Waals surface area contributed by atoms with E-state index < -0.39 is 10.0 Å². The molecule has 0 radical (unpaired) electrons. The summed E-state index contributed by atoms with van der Waals surface area (Å²) in [5.74, 6) is 0.248. The monoisotopic (exact) mass is 302 g/mol. The smallest absolute Gasteiger partial charge is 0.263 e. The summed E-state index contributed by atoms with van der Waals surface area (Å²) in [7, 11) is -4.03. The second-order valence-electron chi connectivity index (χ2n) is 4.11. The quantitative estimate of drug-likeness (QED) is 0.747. The number of hydrogen-bond acceptors (Lipinski definition) is 6. The molecule has 2 aromatic heterocycles. The summed E-state index contributed by atoms with van der Waals surface area (Å²) in [6, 6.07) is 8.79. The Hall–Kier alpha value is -2.65. The van der Waals surface area contributed by atoms with Gasteiger partial charge in [-0.1, -0.05) is 18.2 Å². The van der Waals surface area contributed by atoms with Crippen LogP contribution in [0.4, 0.5) is 0 Å². The molecule has 8 nitrogen and oxygen atoms in total. The van der Waals surface area contributed by atoms with Crippen LogP contribution in [-0.2, 0) is 10.0 Å². The lowest BCUT2D eigenvalue weighted by atomic mass is 10.3. The number of para-hydroxylation sites is 1. The van der Waals surface area contributed by atoms with Crippen molar-refractivity contribution < 1.29 is 8.42 Å². The van der Waals surface area contributed by atoms with E-state index in [0.29, 0.717) is 11.4 Å².